The number of nitrogens with zero attached hydrogens (tertiary/aromatic N) is 2. The Morgan fingerprint density at radius 3 is 2.69 bits per heavy atom. The minimum atomic E-state index is -3.56. The van der Waals surface area contributed by atoms with Gasteiger partial charge in [0, 0.05) is 12.6 Å². The second-order valence-electron chi connectivity index (χ2n) is 3.57. The SMILES string of the molecule is COc1nc(C)cnc1CC(C)S(N)(=O)=O. The predicted molar refractivity (Wildman–Crippen MR) is 59.6 cm³/mol. The molecule has 0 bridgehead atoms. The molecule has 16 heavy (non-hydrogen) atoms. The van der Waals surface area contributed by atoms with Crippen molar-refractivity contribution in [3.8, 4) is 5.88 Å². The smallest absolute Gasteiger partial charge is 0.235 e. The van der Waals surface area contributed by atoms with E-state index in [0.717, 1.165) is 0 Å². The average Bonchev–Trinajstić information content (AvgIpc) is 2.19. The largest absolute Gasteiger partial charge is 0.480 e. The predicted octanol–water partition coefficient (Wildman–Crippen LogP) is 0.0131. The summed E-state index contributed by atoms with van der Waals surface area (Å²) in [6, 6.07) is 0. The number of nitrogens with two attached hydrogens (primary N) is 1. The first-order chi connectivity index (χ1) is 7.34. The van der Waals surface area contributed by atoms with E-state index in [1.807, 2.05) is 0 Å². The third kappa shape index (κ3) is 3.14. The summed E-state index contributed by atoms with van der Waals surface area (Å²) >= 11 is 0. The van der Waals surface area contributed by atoms with Crippen LogP contribution >= 0.6 is 0 Å². The highest BCUT2D eigenvalue weighted by Gasteiger charge is 2.19. The molecule has 1 aromatic rings. The van der Waals surface area contributed by atoms with E-state index in [9.17, 15) is 8.42 Å². The summed E-state index contributed by atoms with van der Waals surface area (Å²) in [5.74, 6) is 0.343. The molecule has 1 unspecified atom stereocenters. The molecular weight excluding hydrogens is 230 g/mol. The van der Waals surface area contributed by atoms with Crippen LogP contribution in [0.4, 0.5) is 0 Å². The van der Waals surface area contributed by atoms with Crippen LogP contribution in [0.15, 0.2) is 6.20 Å². The second kappa shape index (κ2) is 4.75. The number of methoxy groups -OCH3 is 1. The maximum Gasteiger partial charge on any atom is 0.235 e. The summed E-state index contributed by atoms with van der Waals surface area (Å²) in [7, 11) is -2.09. The van der Waals surface area contributed by atoms with Gasteiger partial charge >= 0.3 is 0 Å². The number of aromatic nitrogens is 2. The molecule has 2 N–H and O–H groups in total. The van der Waals surface area contributed by atoms with Gasteiger partial charge in [-0.25, -0.2) is 18.5 Å². The topological polar surface area (TPSA) is 95.2 Å². The fourth-order valence-electron chi connectivity index (χ4n) is 1.17. The molecule has 1 atom stereocenters. The maximum atomic E-state index is 11.1. The Balaban J connectivity index is 2.98. The molecule has 0 aliphatic heterocycles. The lowest BCUT2D eigenvalue weighted by atomic mass is 10.2. The van der Waals surface area contributed by atoms with E-state index in [2.05, 4.69) is 9.97 Å². The van der Waals surface area contributed by atoms with Gasteiger partial charge in [0.15, 0.2) is 0 Å². The van der Waals surface area contributed by atoms with Crippen LogP contribution in [0.25, 0.3) is 0 Å². The molecule has 90 valence electrons. The van der Waals surface area contributed by atoms with E-state index in [1.165, 1.54) is 14.0 Å². The highest BCUT2D eigenvalue weighted by atomic mass is 32.2. The fourth-order valence-corrected chi connectivity index (χ4v) is 1.56. The Kier molecular flexibility index (Phi) is 3.82. The van der Waals surface area contributed by atoms with Crippen molar-refractivity contribution >= 4 is 10.0 Å². The lowest BCUT2D eigenvalue weighted by Crippen LogP contribution is -2.28. The molecule has 0 amide bonds. The summed E-state index contributed by atoms with van der Waals surface area (Å²) in [5, 5.41) is 4.32. The van der Waals surface area contributed by atoms with Gasteiger partial charge in [-0.2, -0.15) is 0 Å². The van der Waals surface area contributed by atoms with Gasteiger partial charge in [0.2, 0.25) is 15.9 Å². The molecule has 0 spiro atoms. The minimum Gasteiger partial charge on any atom is -0.480 e. The summed E-state index contributed by atoms with van der Waals surface area (Å²) in [6.45, 7) is 3.30. The highest BCUT2D eigenvalue weighted by molar-refractivity contribution is 7.89. The van der Waals surface area contributed by atoms with Crippen LogP contribution in [0, 0.1) is 6.92 Å². The van der Waals surface area contributed by atoms with Gasteiger partial charge in [0.1, 0.15) is 5.69 Å². The zero-order chi connectivity index (χ0) is 12.3. The number of aryl methyl sites for hydroxylation is 1. The molecule has 0 aromatic carbocycles. The number of hydrogen-bond donors (Lipinski definition) is 1. The molecule has 1 rings (SSSR count). The third-order valence-corrected chi connectivity index (χ3v) is 3.46. The van der Waals surface area contributed by atoms with Crippen molar-refractivity contribution in [3.63, 3.8) is 0 Å². The van der Waals surface area contributed by atoms with E-state index >= 15 is 0 Å². The van der Waals surface area contributed by atoms with E-state index in [4.69, 9.17) is 9.88 Å². The monoisotopic (exact) mass is 245 g/mol. The number of ether oxygens (including phenoxy) is 1. The maximum absolute atomic E-state index is 11.1. The van der Waals surface area contributed by atoms with E-state index < -0.39 is 15.3 Å². The molecule has 7 heteroatoms. The minimum absolute atomic E-state index is 0.190. The lowest BCUT2D eigenvalue weighted by Gasteiger charge is -2.11. The molecular formula is C9H15N3O3S. The van der Waals surface area contributed by atoms with E-state index in [0.29, 0.717) is 17.3 Å². The second-order valence-corrected chi connectivity index (χ2v) is 5.55. The Bertz CT molecular complexity index is 473. The van der Waals surface area contributed by atoms with Crippen LogP contribution in [-0.2, 0) is 16.4 Å². The summed E-state index contributed by atoms with van der Waals surface area (Å²) in [4.78, 5) is 8.20. The first-order valence-electron chi connectivity index (χ1n) is 4.72. The molecule has 6 nitrogen and oxygen atoms in total. The zero-order valence-electron chi connectivity index (χ0n) is 9.47. The Morgan fingerprint density at radius 2 is 2.19 bits per heavy atom. The Labute approximate surface area is 94.9 Å². The average molecular weight is 245 g/mol. The van der Waals surface area contributed by atoms with Gasteiger partial charge in [-0.05, 0) is 13.8 Å². The summed E-state index contributed by atoms with van der Waals surface area (Å²) in [5.41, 5.74) is 1.21. The number of sulfonamides is 1. The normalized spacial score (nSPS) is 13.5. The number of hydrogen-bond acceptors (Lipinski definition) is 5. The van der Waals surface area contributed by atoms with Crippen molar-refractivity contribution in [2.45, 2.75) is 25.5 Å². The van der Waals surface area contributed by atoms with Crippen LogP contribution in [-0.4, -0.2) is 30.7 Å². The first kappa shape index (κ1) is 12.9. The molecule has 1 heterocycles. The highest BCUT2D eigenvalue weighted by Crippen LogP contribution is 2.16. The Morgan fingerprint density at radius 1 is 1.56 bits per heavy atom. The third-order valence-electron chi connectivity index (χ3n) is 2.17. The molecule has 0 radical (unpaired) electrons. The van der Waals surface area contributed by atoms with Gasteiger partial charge in [0.25, 0.3) is 0 Å². The van der Waals surface area contributed by atoms with Crippen LogP contribution in [0.2, 0.25) is 0 Å². The van der Waals surface area contributed by atoms with Crippen molar-refractivity contribution in [2.75, 3.05) is 7.11 Å². The lowest BCUT2D eigenvalue weighted by molar-refractivity contribution is 0.387. The zero-order valence-corrected chi connectivity index (χ0v) is 10.3. The van der Waals surface area contributed by atoms with Gasteiger partial charge in [-0.3, -0.25) is 4.98 Å². The standard InChI is InChI=1S/C9H15N3O3S/c1-6-5-11-8(9(12-6)15-3)4-7(2)16(10,13)14/h5,7H,4H2,1-3H3,(H2,10,13,14). The molecule has 0 aliphatic carbocycles. The van der Waals surface area contributed by atoms with Crippen molar-refractivity contribution in [2.24, 2.45) is 5.14 Å². The summed E-state index contributed by atoms with van der Waals surface area (Å²) < 4.78 is 27.2. The molecule has 0 saturated carbocycles. The molecule has 1 aromatic heterocycles. The first-order valence-corrected chi connectivity index (χ1v) is 6.33. The Hall–Kier alpha value is -1.21. The molecule has 0 saturated heterocycles. The van der Waals surface area contributed by atoms with Gasteiger partial charge < -0.3 is 4.74 Å². The van der Waals surface area contributed by atoms with Crippen molar-refractivity contribution in [1.82, 2.24) is 9.97 Å². The van der Waals surface area contributed by atoms with Crippen LogP contribution in [0.5, 0.6) is 5.88 Å². The van der Waals surface area contributed by atoms with Gasteiger partial charge in [-0.15, -0.1) is 0 Å². The van der Waals surface area contributed by atoms with Crippen LogP contribution in [0.3, 0.4) is 0 Å². The molecule has 0 fully saturated rings. The summed E-state index contributed by atoms with van der Waals surface area (Å²) in [6.07, 6.45) is 1.75. The molecule has 0 aliphatic rings. The quantitative estimate of drug-likeness (QED) is 0.806. The van der Waals surface area contributed by atoms with Crippen molar-refractivity contribution < 1.29 is 13.2 Å². The van der Waals surface area contributed by atoms with Crippen LogP contribution in [0.1, 0.15) is 18.3 Å². The number of rotatable bonds is 4. The van der Waals surface area contributed by atoms with Gasteiger partial charge in [0.05, 0.1) is 18.1 Å². The van der Waals surface area contributed by atoms with Crippen molar-refractivity contribution in [1.29, 1.82) is 0 Å². The van der Waals surface area contributed by atoms with E-state index in [1.54, 1.807) is 13.1 Å². The van der Waals surface area contributed by atoms with Crippen molar-refractivity contribution in [3.05, 3.63) is 17.6 Å². The van der Waals surface area contributed by atoms with Gasteiger partial charge in [-0.1, -0.05) is 0 Å². The number of primary sulfonamides is 1. The fraction of sp³-hybridized carbons (Fsp3) is 0.556. The van der Waals surface area contributed by atoms with E-state index in [-0.39, 0.29) is 6.42 Å². The van der Waals surface area contributed by atoms with Crippen LogP contribution < -0.4 is 9.88 Å².